The summed E-state index contributed by atoms with van der Waals surface area (Å²) in [6.45, 7) is 0. The number of carbonyl (C=O) groups is 1. The van der Waals surface area contributed by atoms with Crippen LogP contribution < -0.4 is 4.72 Å². The van der Waals surface area contributed by atoms with Gasteiger partial charge < -0.3 is 5.11 Å². The molecular weight excluding hydrogens is 322 g/mol. The van der Waals surface area contributed by atoms with Crippen LogP contribution in [0.5, 0.6) is 0 Å². The average molecular weight is 343 g/mol. The fourth-order valence-electron chi connectivity index (χ4n) is 3.93. The van der Waals surface area contributed by atoms with E-state index >= 15 is 0 Å². The van der Waals surface area contributed by atoms with Crippen molar-refractivity contribution in [2.24, 2.45) is 11.8 Å². The van der Waals surface area contributed by atoms with Crippen LogP contribution in [0.3, 0.4) is 0 Å². The first-order valence-corrected chi connectivity index (χ1v) is 10.2. The van der Waals surface area contributed by atoms with Crippen LogP contribution in [0.1, 0.15) is 54.6 Å². The molecule has 0 aromatic carbocycles. The second kappa shape index (κ2) is 6.29. The molecule has 1 aromatic rings. The van der Waals surface area contributed by atoms with Crippen molar-refractivity contribution >= 4 is 27.3 Å². The fraction of sp³-hybridized carbons (Fsp3) is 0.667. The summed E-state index contributed by atoms with van der Waals surface area (Å²) < 4.78 is 27.7. The van der Waals surface area contributed by atoms with Crippen molar-refractivity contribution in [1.29, 1.82) is 0 Å². The summed E-state index contributed by atoms with van der Waals surface area (Å²) in [5.74, 6) is 0.188. The quantitative estimate of drug-likeness (QED) is 0.880. The first-order chi connectivity index (χ1) is 10.5. The number of carboxylic acid groups (broad SMARTS) is 1. The molecule has 22 heavy (non-hydrogen) atoms. The molecule has 0 saturated heterocycles. The van der Waals surface area contributed by atoms with E-state index in [4.69, 9.17) is 5.11 Å². The Morgan fingerprint density at radius 2 is 1.91 bits per heavy atom. The number of rotatable bonds is 4. The molecule has 1 heterocycles. The smallest absolute Gasteiger partial charge is 0.347 e. The molecule has 1 aromatic heterocycles. The van der Waals surface area contributed by atoms with Crippen molar-refractivity contribution in [2.75, 3.05) is 0 Å². The van der Waals surface area contributed by atoms with E-state index in [1.807, 2.05) is 0 Å². The highest BCUT2D eigenvalue weighted by molar-refractivity contribution is 7.89. The van der Waals surface area contributed by atoms with Gasteiger partial charge in [-0.2, -0.15) is 0 Å². The SMILES string of the molecule is O=C(O)c1sccc1S(=O)(=O)N[C@@H]1CC[C@@H]2CCCC[C@H]2C1. The van der Waals surface area contributed by atoms with Gasteiger partial charge in [0.15, 0.2) is 0 Å². The van der Waals surface area contributed by atoms with Crippen LogP contribution in [-0.4, -0.2) is 25.5 Å². The summed E-state index contributed by atoms with van der Waals surface area (Å²) in [7, 11) is -3.75. The summed E-state index contributed by atoms with van der Waals surface area (Å²) in [5.41, 5.74) is 0. The van der Waals surface area contributed by atoms with Crippen LogP contribution in [0.2, 0.25) is 0 Å². The van der Waals surface area contributed by atoms with Gasteiger partial charge in [0, 0.05) is 6.04 Å². The zero-order chi connectivity index (χ0) is 15.7. The molecule has 122 valence electrons. The number of sulfonamides is 1. The van der Waals surface area contributed by atoms with Crippen LogP contribution >= 0.6 is 11.3 Å². The Hall–Kier alpha value is -0.920. The monoisotopic (exact) mass is 343 g/mol. The van der Waals surface area contributed by atoms with E-state index in [2.05, 4.69) is 4.72 Å². The standard InChI is InChI=1S/C15H21NO4S2/c17-15(18)14-13(7-8-21-14)22(19,20)16-12-6-5-10-3-1-2-4-11(10)9-12/h7-8,10-12,16H,1-6,9H2,(H,17,18)/t10-,11-,12+/m0/s1. The topological polar surface area (TPSA) is 83.5 Å². The van der Waals surface area contributed by atoms with E-state index in [9.17, 15) is 13.2 Å². The predicted molar refractivity (Wildman–Crippen MR) is 84.7 cm³/mol. The fourth-order valence-corrected chi connectivity index (χ4v) is 6.47. The Balaban J connectivity index is 1.72. The Morgan fingerprint density at radius 3 is 2.64 bits per heavy atom. The lowest BCUT2D eigenvalue weighted by atomic mass is 9.70. The lowest BCUT2D eigenvalue weighted by Gasteiger charge is -2.39. The molecule has 0 unspecified atom stereocenters. The molecule has 2 fully saturated rings. The predicted octanol–water partition coefficient (Wildman–Crippen LogP) is 3.08. The number of fused-ring (bicyclic) bond motifs is 1. The zero-order valence-electron chi connectivity index (χ0n) is 12.3. The van der Waals surface area contributed by atoms with Crippen LogP contribution in [-0.2, 0) is 10.0 Å². The van der Waals surface area contributed by atoms with Gasteiger partial charge in [-0.3, -0.25) is 0 Å². The van der Waals surface area contributed by atoms with Gasteiger partial charge in [-0.05, 0) is 42.5 Å². The average Bonchev–Trinajstić information content (AvgIpc) is 2.97. The van der Waals surface area contributed by atoms with Crippen molar-refractivity contribution in [3.8, 4) is 0 Å². The Kier molecular flexibility index (Phi) is 4.56. The van der Waals surface area contributed by atoms with E-state index in [1.54, 1.807) is 0 Å². The molecular formula is C15H21NO4S2. The summed E-state index contributed by atoms with van der Waals surface area (Å²) in [5, 5.41) is 10.6. The highest BCUT2D eigenvalue weighted by Crippen LogP contribution is 2.40. The van der Waals surface area contributed by atoms with Crippen molar-refractivity contribution in [3.63, 3.8) is 0 Å². The van der Waals surface area contributed by atoms with E-state index in [0.717, 1.165) is 36.5 Å². The lowest BCUT2D eigenvalue weighted by molar-refractivity contribution is 0.0698. The maximum atomic E-state index is 12.5. The number of thiophene rings is 1. The molecule has 0 aliphatic heterocycles. The number of hydrogen-bond donors (Lipinski definition) is 2. The minimum Gasteiger partial charge on any atom is -0.477 e. The van der Waals surface area contributed by atoms with Gasteiger partial charge in [0.1, 0.15) is 9.77 Å². The third kappa shape index (κ3) is 3.21. The van der Waals surface area contributed by atoms with Gasteiger partial charge in [-0.15, -0.1) is 11.3 Å². The maximum Gasteiger partial charge on any atom is 0.347 e. The van der Waals surface area contributed by atoms with E-state index in [-0.39, 0.29) is 15.8 Å². The van der Waals surface area contributed by atoms with Crippen molar-refractivity contribution < 1.29 is 18.3 Å². The molecule has 3 atom stereocenters. The second-order valence-electron chi connectivity index (χ2n) is 6.36. The summed E-state index contributed by atoms with van der Waals surface area (Å²) >= 11 is 0.946. The van der Waals surface area contributed by atoms with Gasteiger partial charge in [0.25, 0.3) is 0 Å². The lowest BCUT2D eigenvalue weighted by Crippen LogP contribution is -2.41. The van der Waals surface area contributed by atoms with Crippen molar-refractivity contribution in [1.82, 2.24) is 4.72 Å². The zero-order valence-corrected chi connectivity index (χ0v) is 14.0. The van der Waals surface area contributed by atoms with Crippen LogP contribution in [0, 0.1) is 11.8 Å². The van der Waals surface area contributed by atoms with Crippen LogP contribution in [0.4, 0.5) is 0 Å². The van der Waals surface area contributed by atoms with Crippen LogP contribution in [0.15, 0.2) is 16.3 Å². The van der Waals surface area contributed by atoms with Gasteiger partial charge >= 0.3 is 5.97 Å². The van der Waals surface area contributed by atoms with Crippen LogP contribution in [0.25, 0.3) is 0 Å². The van der Waals surface area contributed by atoms with Crippen molar-refractivity contribution in [2.45, 2.75) is 55.9 Å². The maximum absolute atomic E-state index is 12.5. The third-order valence-corrected chi connectivity index (χ3v) is 7.57. The highest BCUT2D eigenvalue weighted by atomic mass is 32.2. The minimum absolute atomic E-state index is 0.0640. The first kappa shape index (κ1) is 16.0. The van der Waals surface area contributed by atoms with Crippen molar-refractivity contribution in [3.05, 3.63) is 16.3 Å². The summed E-state index contributed by atoms with van der Waals surface area (Å²) in [6.07, 6.45) is 7.83. The molecule has 0 amide bonds. The largest absolute Gasteiger partial charge is 0.477 e. The summed E-state index contributed by atoms with van der Waals surface area (Å²) in [4.78, 5) is 10.9. The number of aromatic carboxylic acids is 1. The molecule has 5 nitrogen and oxygen atoms in total. The van der Waals surface area contributed by atoms with E-state index in [1.165, 1.54) is 37.1 Å². The van der Waals surface area contributed by atoms with Gasteiger partial charge in [0.2, 0.25) is 10.0 Å². The molecule has 2 aliphatic rings. The van der Waals surface area contributed by atoms with Gasteiger partial charge in [-0.1, -0.05) is 25.7 Å². The molecule has 7 heteroatoms. The van der Waals surface area contributed by atoms with E-state index < -0.39 is 16.0 Å². The Labute approximate surface area is 134 Å². The Bertz CT molecular complexity index is 652. The Morgan fingerprint density at radius 1 is 1.18 bits per heavy atom. The number of carboxylic acids is 1. The molecule has 0 spiro atoms. The van der Waals surface area contributed by atoms with Gasteiger partial charge in [0.05, 0.1) is 0 Å². The van der Waals surface area contributed by atoms with Gasteiger partial charge in [-0.25, -0.2) is 17.9 Å². The molecule has 2 aliphatic carbocycles. The second-order valence-corrected chi connectivity index (χ2v) is 8.95. The molecule has 0 bridgehead atoms. The molecule has 3 rings (SSSR count). The third-order valence-electron chi connectivity index (χ3n) is 4.97. The molecule has 2 N–H and O–H groups in total. The van der Waals surface area contributed by atoms with E-state index in [0.29, 0.717) is 5.92 Å². The highest BCUT2D eigenvalue weighted by Gasteiger charge is 2.35. The number of nitrogens with one attached hydrogen (secondary N) is 1. The normalized spacial score (nSPS) is 29.0. The molecule has 0 radical (unpaired) electrons. The summed E-state index contributed by atoms with van der Waals surface area (Å²) in [6, 6.07) is 1.31. The number of hydrogen-bond acceptors (Lipinski definition) is 4. The molecule has 2 saturated carbocycles. The minimum atomic E-state index is -3.75. The first-order valence-electron chi connectivity index (χ1n) is 7.80.